The Morgan fingerprint density at radius 2 is 1.83 bits per heavy atom. The number of amides is 1. The fourth-order valence-corrected chi connectivity index (χ4v) is 5.23. The Labute approximate surface area is 216 Å². The van der Waals surface area contributed by atoms with Crippen LogP contribution >= 0.6 is 11.3 Å². The summed E-state index contributed by atoms with van der Waals surface area (Å²) in [7, 11) is 2.14. The maximum absolute atomic E-state index is 12.5. The molecule has 1 amide bonds. The quantitative estimate of drug-likeness (QED) is 0.280. The van der Waals surface area contributed by atoms with Crippen molar-refractivity contribution in [3.8, 4) is 5.75 Å². The van der Waals surface area contributed by atoms with Gasteiger partial charge in [-0.3, -0.25) is 14.7 Å². The number of benzene rings is 2. The van der Waals surface area contributed by atoms with Crippen LogP contribution in [0.25, 0.3) is 17.0 Å². The molecule has 1 fully saturated rings. The highest BCUT2D eigenvalue weighted by Crippen LogP contribution is 2.21. The number of fused-ring (bicyclic) bond motifs is 1. The Morgan fingerprint density at radius 3 is 2.61 bits per heavy atom. The molecule has 0 spiro atoms. The van der Waals surface area contributed by atoms with Crippen molar-refractivity contribution < 1.29 is 9.53 Å². The molecule has 5 rings (SSSR count). The van der Waals surface area contributed by atoms with Crippen LogP contribution < -0.4 is 4.74 Å². The molecule has 4 aromatic rings. The Kier molecular flexibility index (Phi) is 7.74. The van der Waals surface area contributed by atoms with Crippen LogP contribution in [-0.2, 0) is 17.9 Å². The second-order valence-electron chi connectivity index (χ2n) is 9.34. The van der Waals surface area contributed by atoms with Crippen molar-refractivity contribution in [1.82, 2.24) is 14.8 Å². The number of likely N-dealkylation sites (tertiary alicyclic amines) is 1. The van der Waals surface area contributed by atoms with E-state index in [9.17, 15) is 4.79 Å². The number of rotatable bonds is 8. The molecule has 0 N–H and O–H groups in total. The van der Waals surface area contributed by atoms with Gasteiger partial charge in [-0.1, -0.05) is 30.3 Å². The maximum atomic E-state index is 12.5. The number of hydrogen-bond donors (Lipinski definition) is 0. The van der Waals surface area contributed by atoms with Gasteiger partial charge >= 0.3 is 0 Å². The second-order valence-corrected chi connectivity index (χ2v) is 10.3. The van der Waals surface area contributed by atoms with Crippen LogP contribution in [0.15, 0.2) is 84.4 Å². The fraction of sp³-hybridized carbons (Fsp3) is 0.267. The minimum absolute atomic E-state index is 0.0793. The number of pyridine rings is 1. The lowest BCUT2D eigenvalue weighted by Gasteiger charge is -2.31. The molecule has 5 nitrogen and oxygen atoms in total. The Bertz CT molecular complexity index is 1310. The molecule has 1 saturated heterocycles. The van der Waals surface area contributed by atoms with Gasteiger partial charge in [-0.05, 0) is 66.0 Å². The third-order valence-corrected chi connectivity index (χ3v) is 7.32. The molecule has 184 valence electrons. The van der Waals surface area contributed by atoms with Crippen LogP contribution in [0.1, 0.15) is 28.8 Å². The number of carbonyl (C=O) groups excluding carboxylic acids is 1. The molecule has 2 aromatic carbocycles. The van der Waals surface area contributed by atoms with Gasteiger partial charge < -0.3 is 9.64 Å². The zero-order valence-electron chi connectivity index (χ0n) is 20.5. The topological polar surface area (TPSA) is 45.7 Å². The van der Waals surface area contributed by atoms with E-state index in [1.54, 1.807) is 17.4 Å². The van der Waals surface area contributed by atoms with Crippen molar-refractivity contribution >= 4 is 34.2 Å². The standard InChI is InChI=1S/C30H31N3O2S/c1-32(22-24-8-12-29-25(20-24)4-2-16-31-29)21-23-6-9-26(10-7-23)35-27-14-17-33(18-15-27)30(34)13-11-28-5-3-19-36-28/h2-13,16,19-20,27H,14-15,17-18,21-22H2,1H3/b13-11+. The molecule has 36 heavy (non-hydrogen) atoms. The van der Waals surface area contributed by atoms with E-state index in [0.717, 1.165) is 55.2 Å². The van der Waals surface area contributed by atoms with Crippen molar-refractivity contribution in [2.75, 3.05) is 20.1 Å². The second kappa shape index (κ2) is 11.5. The number of hydrogen-bond acceptors (Lipinski definition) is 5. The van der Waals surface area contributed by atoms with Crippen LogP contribution in [0.4, 0.5) is 0 Å². The predicted molar refractivity (Wildman–Crippen MR) is 147 cm³/mol. The Morgan fingerprint density at radius 1 is 1.06 bits per heavy atom. The lowest BCUT2D eigenvalue weighted by Crippen LogP contribution is -2.41. The first-order valence-corrected chi connectivity index (χ1v) is 13.3. The number of aromatic nitrogens is 1. The highest BCUT2D eigenvalue weighted by Gasteiger charge is 2.22. The van der Waals surface area contributed by atoms with Gasteiger partial charge in [-0.15, -0.1) is 11.3 Å². The molecule has 0 radical (unpaired) electrons. The van der Waals surface area contributed by atoms with E-state index in [1.807, 2.05) is 40.8 Å². The van der Waals surface area contributed by atoms with Crippen LogP contribution in [0.3, 0.4) is 0 Å². The Hall–Kier alpha value is -3.48. The lowest BCUT2D eigenvalue weighted by molar-refractivity contribution is -0.127. The molecule has 0 aliphatic carbocycles. The van der Waals surface area contributed by atoms with E-state index >= 15 is 0 Å². The first kappa shape index (κ1) is 24.2. The highest BCUT2D eigenvalue weighted by molar-refractivity contribution is 7.10. The van der Waals surface area contributed by atoms with E-state index in [0.29, 0.717) is 0 Å². The minimum atomic E-state index is 0.0793. The Balaban J connectivity index is 1.07. The van der Waals surface area contributed by atoms with Crippen molar-refractivity contribution in [1.29, 1.82) is 0 Å². The molecule has 0 bridgehead atoms. The molecule has 3 heterocycles. The molecule has 0 atom stereocenters. The van der Waals surface area contributed by atoms with Gasteiger partial charge in [0.2, 0.25) is 5.91 Å². The zero-order valence-corrected chi connectivity index (χ0v) is 21.4. The maximum Gasteiger partial charge on any atom is 0.246 e. The molecular weight excluding hydrogens is 466 g/mol. The SMILES string of the molecule is CN(Cc1ccc(OC2CCN(C(=O)/C=C/c3cccs3)CC2)cc1)Cc1ccc2ncccc2c1. The summed E-state index contributed by atoms with van der Waals surface area (Å²) in [6.45, 7) is 3.20. The number of nitrogens with zero attached hydrogens (tertiary/aromatic N) is 3. The van der Waals surface area contributed by atoms with Crippen molar-refractivity contribution in [3.63, 3.8) is 0 Å². The van der Waals surface area contributed by atoms with Crippen molar-refractivity contribution in [2.24, 2.45) is 0 Å². The molecule has 1 aliphatic heterocycles. The van der Waals surface area contributed by atoms with E-state index in [2.05, 4.69) is 65.5 Å². The van der Waals surface area contributed by atoms with Crippen LogP contribution in [0.5, 0.6) is 5.75 Å². The van der Waals surface area contributed by atoms with Gasteiger partial charge in [0, 0.05) is 61.6 Å². The molecule has 0 saturated carbocycles. The van der Waals surface area contributed by atoms with E-state index in [4.69, 9.17) is 4.74 Å². The summed E-state index contributed by atoms with van der Waals surface area (Å²) in [5, 5.41) is 3.19. The predicted octanol–water partition coefficient (Wildman–Crippen LogP) is 6.01. The average Bonchev–Trinajstić information content (AvgIpc) is 3.43. The molecule has 1 aliphatic rings. The first-order valence-electron chi connectivity index (χ1n) is 12.4. The fourth-order valence-electron chi connectivity index (χ4n) is 4.61. The zero-order chi connectivity index (χ0) is 24.7. The largest absolute Gasteiger partial charge is 0.490 e. The average molecular weight is 498 g/mol. The van der Waals surface area contributed by atoms with Crippen LogP contribution in [0, 0.1) is 0 Å². The summed E-state index contributed by atoms with van der Waals surface area (Å²) in [5.41, 5.74) is 3.57. The van der Waals surface area contributed by atoms with Gasteiger partial charge in [0.15, 0.2) is 0 Å². The van der Waals surface area contributed by atoms with Crippen molar-refractivity contribution in [3.05, 3.63) is 100 Å². The summed E-state index contributed by atoms with van der Waals surface area (Å²) in [4.78, 5) is 22.2. The summed E-state index contributed by atoms with van der Waals surface area (Å²) < 4.78 is 6.22. The molecule has 6 heteroatoms. The first-order chi connectivity index (χ1) is 17.6. The van der Waals surface area contributed by atoms with Gasteiger partial charge in [-0.25, -0.2) is 0 Å². The normalized spacial score (nSPS) is 14.7. The summed E-state index contributed by atoms with van der Waals surface area (Å²) >= 11 is 1.64. The monoisotopic (exact) mass is 497 g/mol. The van der Waals surface area contributed by atoms with E-state index in [-0.39, 0.29) is 12.0 Å². The van der Waals surface area contributed by atoms with Crippen LogP contribution in [0.2, 0.25) is 0 Å². The van der Waals surface area contributed by atoms with E-state index < -0.39 is 0 Å². The molecule has 0 unspecified atom stereocenters. The third kappa shape index (κ3) is 6.39. The minimum Gasteiger partial charge on any atom is -0.490 e. The van der Waals surface area contributed by atoms with Gasteiger partial charge in [0.05, 0.1) is 5.52 Å². The summed E-state index contributed by atoms with van der Waals surface area (Å²) in [6, 6.07) is 23.0. The van der Waals surface area contributed by atoms with Gasteiger partial charge in [-0.2, -0.15) is 0 Å². The number of thiophene rings is 1. The van der Waals surface area contributed by atoms with Gasteiger partial charge in [0.1, 0.15) is 11.9 Å². The van der Waals surface area contributed by atoms with Crippen LogP contribution in [-0.4, -0.2) is 46.9 Å². The number of piperidine rings is 1. The third-order valence-electron chi connectivity index (χ3n) is 6.49. The summed E-state index contributed by atoms with van der Waals surface area (Å²) in [5.74, 6) is 0.974. The van der Waals surface area contributed by atoms with Gasteiger partial charge in [0.25, 0.3) is 0 Å². The van der Waals surface area contributed by atoms with E-state index in [1.165, 1.54) is 16.5 Å². The summed E-state index contributed by atoms with van der Waals surface area (Å²) in [6.07, 6.45) is 7.26. The van der Waals surface area contributed by atoms with Crippen molar-refractivity contribution in [2.45, 2.75) is 32.0 Å². The molecular formula is C30H31N3O2S. The number of carbonyl (C=O) groups is 1. The highest BCUT2D eigenvalue weighted by atomic mass is 32.1. The number of ether oxygens (including phenoxy) is 1. The molecule has 2 aromatic heterocycles. The lowest BCUT2D eigenvalue weighted by atomic mass is 10.1. The smallest absolute Gasteiger partial charge is 0.246 e.